The Labute approximate surface area is 144 Å². The fraction of sp³-hybridized carbons (Fsp3) is 0.150. The molecule has 1 aliphatic heterocycles. The summed E-state index contributed by atoms with van der Waals surface area (Å²) in [5.74, 6) is -0.159. The maximum atomic E-state index is 13.2. The average Bonchev–Trinajstić information content (AvgIpc) is 2.99. The molecule has 0 fully saturated rings. The van der Waals surface area contributed by atoms with Crippen LogP contribution in [0, 0.1) is 12.7 Å². The molecule has 1 aromatic heterocycles. The molecule has 0 aliphatic carbocycles. The lowest BCUT2D eigenvalue weighted by Crippen LogP contribution is -2.22. The van der Waals surface area contributed by atoms with Gasteiger partial charge in [0.25, 0.3) is 0 Å². The van der Waals surface area contributed by atoms with Crippen LogP contribution in [0.3, 0.4) is 0 Å². The quantitative estimate of drug-likeness (QED) is 0.672. The van der Waals surface area contributed by atoms with E-state index in [-0.39, 0.29) is 17.6 Å². The Balaban J connectivity index is 1.80. The minimum Gasteiger partial charge on any atom is -0.325 e. The van der Waals surface area contributed by atoms with Gasteiger partial charge in [0.15, 0.2) is 0 Å². The van der Waals surface area contributed by atoms with Crippen molar-refractivity contribution in [3.8, 4) is 11.1 Å². The van der Waals surface area contributed by atoms with Gasteiger partial charge in [0.1, 0.15) is 5.82 Å². The monoisotopic (exact) mass is 337 g/mol. The fourth-order valence-corrected chi connectivity index (χ4v) is 4.30. The third-order valence-electron chi connectivity index (χ3n) is 4.42. The van der Waals surface area contributed by atoms with E-state index in [9.17, 15) is 9.18 Å². The van der Waals surface area contributed by atoms with Gasteiger partial charge in [0, 0.05) is 28.2 Å². The zero-order chi connectivity index (χ0) is 16.7. The molecule has 24 heavy (non-hydrogen) atoms. The van der Waals surface area contributed by atoms with Crippen molar-refractivity contribution in [3.63, 3.8) is 0 Å². The SMILES string of the molecule is Cc1ccc([C@H]2CC(=O)Nc3c(-c4ccc(F)cc4)csc32)cc1. The number of hydrogen-bond acceptors (Lipinski definition) is 2. The number of benzene rings is 2. The number of amides is 1. The first-order valence-electron chi connectivity index (χ1n) is 7.85. The van der Waals surface area contributed by atoms with Gasteiger partial charge in [-0.25, -0.2) is 4.39 Å². The summed E-state index contributed by atoms with van der Waals surface area (Å²) in [6.07, 6.45) is 0.458. The summed E-state index contributed by atoms with van der Waals surface area (Å²) < 4.78 is 13.2. The van der Waals surface area contributed by atoms with Crippen LogP contribution in [-0.2, 0) is 4.79 Å². The first-order chi connectivity index (χ1) is 11.6. The predicted molar refractivity (Wildman–Crippen MR) is 96.0 cm³/mol. The highest BCUT2D eigenvalue weighted by molar-refractivity contribution is 7.11. The van der Waals surface area contributed by atoms with Gasteiger partial charge in [0.05, 0.1) is 5.69 Å². The molecule has 0 bridgehead atoms. The Morgan fingerprint density at radius 2 is 1.79 bits per heavy atom. The van der Waals surface area contributed by atoms with Crippen molar-refractivity contribution in [2.75, 3.05) is 5.32 Å². The van der Waals surface area contributed by atoms with Crippen LogP contribution in [0.2, 0.25) is 0 Å². The molecule has 1 amide bonds. The number of nitrogens with one attached hydrogen (secondary N) is 1. The Hall–Kier alpha value is -2.46. The molecule has 2 nitrogen and oxygen atoms in total. The molecule has 3 aromatic rings. The van der Waals surface area contributed by atoms with Gasteiger partial charge in [-0.3, -0.25) is 4.79 Å². The second-order valence-corrected chi connectivity index (χ2v) is 7.02. The Kier molecular flexibility index (Phi) is 3.69. The van der Waals surface area contributed by atoms with Crippen LogP contribution >= 0.6 is 11.3 Å². The minimum absolute atomic E-state index is 0.0230. The second kappa shape index (κ2) is 5.87. The second-order valence-electron chi connectivity index (χ2n) is 6.11. The molecule has 2 aromatic carbocycles. The Morgan fingerprint density at radius 1 is 1.08 bits per heavy atom. The third-order valence-corrected chi connectivity index (χ3v) is 5.52. The van der Waals surface area contributed by atoms with Gasteiger partial charge >= 0.3 is 0 Å². The lowest BCUT2D eigenvalue weighted by molar-refractivity contribution is -0.116. The third kappa shape index (κ3) is 2.63. The minimum atomic E-state index is -0.260. The van der Waals surface area contributed by atoms with Gasteiger partial charge in [-0.15, -0.1) is 11.3 Å². The number of carbonyl (C=O) groups is 1. The van der Waals surface area contributed by atoms with Crippen LogP contribution < -0.4 is 5.32 Å². The van der Waals surface area contributed by atoms with Crippen LogP contribution in [0.5, 0.6) is 0 Å². The van der Waals surface area contributed by atoms with Crippen LogP contribution in [0.25, 0.3) is 11.1 Å². The summed E-state index contributed by atoms with van der Waals surface area (Å²) in [5.41, 5.74) is 5.11. The summed E-state index contributed by atoms with van der Waals surface area (Å²) in [6, 6.07) is 14.7. The lowest BCUT2D eigenvalue weighted by atomic mass is 9.89. The van der Waals surface area contributed by atoms with E-state index in [4.69, 9.17) is 0 Å². The maximum Gasteiger partial charge on any atom is 0.225 e. The average molecular weight is 337 g/mol. The maximum absolute atomic E-state index is 13.2. The van der Waals surface area contributed by atoms with Crippen molar-refractivity contribution in [1.29, 1.82) is 0 Å². The molecule has 0 spiro atoms. The number of anilines is 1. The molecular weight excluding hydrogens is 321 g/mol. The van der Waals surface area contributed by atoms with E-state index >= 15 is 0 Å². The molecule has 0 radical (unpaired) electrons. The number of carbonyl (C=O) groups excluding carboxylic acids is 1. The van der Waals surface area contributed by atoms with Gasteiger partial charge in [-0.05, 0) is 30.2 Å². The molecule has 2 heterocycles. The summed E-state index contributed by atoms with van der Waals surface area (Å²) >= 11 is 1.65. The van der Waals surface area contributed by atoms with Gasteiger partial charge in [0.2, 0.25) is 5.91 Å². The van der Waals surface area contributed by atoms with Gasteiger partial charge < -0.3 is 5.32 Å². The number of rotatable bonds is 2. The molecule has 0 saturated carbocycles. The standard InChI is InChI=1S/C20H16FNOS/c1-12-2-4-13(5-3-12)16-10-18(23)22-19-17(11-24-20(16)19)14-6-8-15(21)9-7-14/h2-9,11,16H,10H2,1H3,(H,22,23)/t16-/m1/s1. The van der Waals surface area contributed by atoms with Crippen molar-refractivity contribution in [2.24, 2.45) is 0 Å². The number of fused-ring (bicyclic) bond motifs is 1. The molecule has 1 atom stereocenters. The first-order valence-corrected chi connectivity index (χ1v) is 8.73. The van der Waals surface area contributed by atoms with Crippen LogP contribution in [0.15, 0.2) is 53.9 Å². The van der Waals surface area contributed by atoms with E-state index in [1.165, 1.54) is 17.7 Å². The topological polar surface area (TPSA) is 29.1 Å². The smallest absolute Gasteiger partial charge is 0.225 e. The van der Waals surface area contributed by atoms with E-state index < -0.39 is 0 Å². The van der Waals surface area contributed by atoms with Gasteiger partial charge in [-0.2, -0.15) is 0 Å². The fourth-order valence-electron chi connectivity index (χ4n) is 3.14. The van der Waals surface area contributed by atoms with Crippen molar-refractivity contribution >= 4 is 22.9 Å². The van der Waals surface area contributed by atoms with E-state index in [2.05, 4.69) is 36.5 Å². The zero-order valence-electron chi connectivity index (χ0n) is 13.2. The summed E-state index contributed by atoms with van der Waals surface area (Å²) in [5, 5.41) is 5.06. The van der Waals surface area contributed by atoms with E-state index in [1.807, 2.05) is 5.38 Å². The predicted octanol–water partition coefficient (Wildman–Crippen LogP) is 5.34. The zero-order valence-corrected chi connectivity index (χ0v) is 14.0. The van der Waals surface area contributed by atoms with Crippen LogP contribution in [0.1, 0.15) is 28.3 Å². The Bertz CT molecular complexity index is 896. The van der Waals surface area contributed by atoms with Crippen LogP contribution in [0.4, 0.5) is 10.1 Å². The van der Waals surface area contributed by atoms with Crippen molar-refractivity contribution in [1.82, 2.24) is 0 Å². The van der Waals surface area contributed by atoms with Crippen LogP contribution in [-0.4, -0.2) is 5.91 Å². The highest BCUT2D eigenvalue weighted by Gasteiger charge is 2.30. The first kappa shape index (κ1) is 15.1. The number of halogens is 1. The highest BCUT2D eigenvalue weighted by Crippen LogP contribution is 2.46. The summed E-state index contributed by atoms with van der Waals surface area (Å²) in [6.45, 7) is 2.06. The van der Waals surface area contributed by atoms with Crippen molar-refractivity contribution in [3.05, 3.63) is 75.7 Å². The van der Waals surface area contributed by atoms with E-state index in [0.717, 1.165) is 27.3 Å². The molecule has 4 heteroatoms. The number of hydrogen-bond donors (Lipinski definition) is 1. The molecule has 1 aliphatic rings. The molecule has 4 rings (SSSR count). The normalized spacial score (nSPS) is 16.6. The number of aryl methyl sites for hydroxylation is 1. The number of thiophene rings is 1. The van der Waals surface area contributed by atoms with Crippen molar-refractivity contribution < 1.29 is 9.18 Å². The molecular formula is C20H16FNOS. The van der Waals surface area contributed by atoms with Gasteiger partial charge in [-0.1, -0.05) is 42.0 Å². The largest absolute Gasteiger partial charge is 0.325 e. The molecule has 0 unspecified atom stereocenters. The molecule has 1 N–H and O–H groups in total. The van der Waals surface area contributed by atoms with Crippen molar-refractivity contribution in [2.45, 2.75) is 19.3 Å². The lowest BCUT2D eigenvalue weighted by Gasteiger charge is -2.24. The summed E-state index contributed by atoms with van der Waals surface area (Å²) in [7, 11) is 0. The molecule has 120 valence electrons. The highest BCUT2D eigenvalue weighted by atomic mass is 32.1. The van der Waals surface area contributed by atoms with E-state index in [0.29, 0.717) is 6.42 Å². The van der Waals surface area contributed by atoms with E-state index in [1.54, 1.807) is 23.5 Å². The molecule has 0 saturated heterocycles. The summed E-state index contributed by atoms with van der Waals surface area (Å²) in [4.78, 5) is 13.4. The Morgan fingerprint density at radius 3 is 2.50 bits per heavy atom.